The fraction of sp³-hybridized carbons (Fsp3) is 0.300. The van der Waals surface area contributed by atoms with Crippen molar-refractivity contribution in [2.45, 2.75) is 19.9 Å². The highest BCUT2D eigenvalue weighted by molar-refractivity contribution is 7.71. The van der Waals surface area contributed by atoms with Crippen LogP contribution in [0.25, 0.3) is 0 Å². The molecule has 0 aromatic carbocycles. The van der Waals surface area contributed by atoms with Crippen molar-refractivity contribution in [2.24, 2.45) is 0 Å². The lowest BCUT2D eigenvalue weighted by Crippen LogP contribution is -2.07. The summed E-state index contributed by atoms with van der Waals surface area (Å²) in [6.45, 7) is 4.23. The zero-order valence-electron chi connectivity index (χ0n) is 8.15. The summed E-state index contributed by atoms with van der Waals surface area (Å²) >= 11 is 6.95. The number of thiophene rings is 1. The molecule has 2 aromatic heterocycles. The number of hydrogen-bond donors (Lipinski definition) is 1. The van der Waals surface area contributed by atoms with Gasteiger partial charge in [0.05, 0.1) is 6.04 Å². The summed E-state index contributed by atoms with van der Waals surface area (Å²) in [5, 5.41) is 4.26. The number of rotatable bonds is 2. The second-order valence-electron chi connectivity index (χ2n) is 3.34. The second kappa shape index (κ2) is 3.71. The van der Waals surface area contributed by atoms with Gasteiger partial charge >= 0.3 is 0 Å². The number of imidazole rings is 1. The van der Waals surface area contributed by atoms with Gasteiger partial charge in [0.2, 0.25) is 0 Å². The lowest BCUT2D eigenvalue weighted by atomic mass is 10.2. The zero-order valence-corrected chi connectivity index (χ0v) is 9.78. The predicted molar refractivity (Wildman–Crippen MR) is 62.5 cm³/mol. The Kier molecular flexibility index (Phi) is 2.56. The summed E-state index contributed by atoms with van der Waals surface area (Å²) < 4.78 is 2.93. The van der Waals surface area contributed by atoms with Crippen LogP contribution in [0.3, 0.4) is 0 Å². The molecule has 74 valence electrons. The number of aromatic amines is 1. The van der Waals surface area contributed by atoms with E-state index in [2.05, 4.69) is 40.2 Å². The molecule has 0 radical (unpaired) electrons. The number of hydrogen-bond acceptors (Lipinski definition) is 2. The zero-order chi connectivity index (χ0) is 10.1. The Labute approximate surface area is 92.2 Å². The Morgan fingerprint density at radius 3 is 2.86 bits per heavy atom. The molecule has 4 heteroatoms. The van der Waals surface area contributed by atoms with E-state index < -0.39 is 0 Å². The molecular weight excluding hydrogens is 212 g/mol. The van der Waals surface area contributed by atoms with Crippen molar-refractivity contribution in [1.82, 2.24) is 9.55 Å². The first kappa shape index (κ1) is 9.68. The van der Waals surface area contributed by atoms with Gasteiger partial charge in [-0.05, 0) is 48.5 Å². The molecule has 2 rings (SSSR count). The molecule has 0 spiro atoms. The van der Waals surface area contributed by atoms with Crippen LogP contribution in [0, 0.1) is 11.7 Å². The van der Waals surface area contributed by atoms with E-state index in [1.54, 1.807) is 11.3 Å². The van der Waals surface area contributed by atoms with Crippen LogP contribution < -0.4 is 0 Å². The summed E-state index contributed by atoms with van der Waals surface area (Å²) in [4.78, 5) is 3.06. The topological polar surface area (TPSA) is 20.7 Å². The van der Waals surface area contributed by atoms with Gasteiger partial charge in [-0.15, -0.1) is 0 Å². The number of aromatic nitrogens is 2. The van der Waals surface area contributed by atoms with Crippen molar-refractivity contribution in [3.63, 3.8) is 0 Å². The largest absolute Gasteiger partial charge is 0.337 e. The highest BCUT2D eigenvalue weighted by Crippen LogP contribution is 2.22. The molecular formula is C10H12N2S2. The minimum atomic E-state index is 0.319. The maximum absolute atomic E-state index is 5.23. The van der Waals surface area contributed by atoms with Crippen molar-refractivity contribution in [3.05, 3.63) is 39.1 Å². The summed E-state index contributed by atoms with van der Waals surface area (Å²) in [7, 11) is 0. The molecule has 14 heavy (non-hydrogen) atoms. The first-order chi connectivity index (χ1) is 6.70. The Morgan fingerprint density at radius 2 is 2.36 bits per heavy atom. The third kappa shape index (κ3) is 1.55. The number of H-pyrrole nitrogens is 1. The monoisotopic (exact) mass is 224 g/mol. The SMILES string of the molecule is Cc1c[nH]c(=S)n1C(C)c1ccsc1. The van der Waals surface area contributed by atoms with Gasteiger partial charge in [-0.2, -0.15) is 11.3 Å². The van der Waals surface area contributed by atoms with Crippen LogP contribution in [0.5, 0.6) is 0 Å². The summed E-state index contributed by atoms with van der Waals surface area (Å²) in [6, 6.07) is 2.46. The van der Waals surface area contributed by atoms with Crippen molar-refractivity contribution in [2.75, 3.05) is 0 Å². The summed E-state index contributed by atoms with van der Waals surface area (Å²) in [6.07, 6.45) is 1.95. The van der Waals surface area contributed by atoms with Gasteiger partial charge < -0.3 is 9.55 Å². The third-order valence-corrected chi connectivity index (χ3v) is 3.43. The van der Waals surface area contributed by atoms with Crippen LogP contribution in [-0.4, -0.2) is 9.55 Å². The van der Waals surface area contributed by atoms with Crippen LogP contribution >= 0.6 is 23.6 Å². The first-order valence-electron chi connectivity index (χ1n) is 4.49. The van der Waals surface area contributed by atoms with Gasteiger partial charge in [0.15, 0.2) is 4.77 Å². The highest BCUT2D eigenvalue weighted by atomic mass is 32.1. The molecule has 2 heterocycles. The molecule has 0 amide bonds. The predicted octanol–water partition coefficient (Wildman–Crippen LogP) is 3.52. The van der Waals surface area contributed by atoms with E-state index >= 15 is 0 Å². The van der Waals surface area contributed by atoms with Crippen LogP contribution in [-0.2, 0) is 0 Å². The lowest BCUT2D eigenvalue weighted by molar-refractivity contribution is 0.616. The molecule has 2 nitrogen and oxygen atoms in total. The van der Waals surface area contributed by atoms with E-state index in [-0.39, 0.29) is 0 Å². The minimum absolute atomic E-state index is 0.319. The fourth-order valence-corrected chi connectivity index (χ4v) is 2.72. The minimum Gasteiger partial charge on any atom is -0.337 e. The smallest absolute Gasteiger partial charge is 0.177 e. The van der Waals surface area contributed by atoms with E-state index in [0.717, 1.165) is 4.77 Å². The van der Waals surface area contributed by atoms with Gasteiger partial charge in [0.25, 0.3) is 0 Å². The molecule has 0 saturated carbocycles. The molecule has 1 atom stereocenters. The van der Waals surface area contributed by atoms with E-state index in [1.807, 2.05) is 6.20 Å². The van der Waals surface area contributed by atoms with Crippen LogP contribution in [0.2, 0.25) is 0 Å². The first-order valence-corrected chi connectivity index (χ1v) is 5.84. The van der Waals surface area contributed by atoms with Gasteiger partial charge in [0.1, 0.15) is 0 Å². The quantitative estimate of drug-likeness (QED) is 0.774. The fourth-order valence-electron chi connectivity index (χ4n) is 1.61. The number of aryl methyl sites for hydroxylation is 1. The maximum atomic E-state index is 5.23. The van der Waals surface area contributed by atoms with Crippen molar-refractivity contribution in [1.29, 1.82) is 0 Å². The standard InChI is InChI=1S/C10H12N2S2/c1-7-5-11-10(13)12(7)8(2)9-3-4-14-6-9/h3-6,8H,1-2H3,(H,11,13). The van der Waals surface area contributed by atoms with Crippen molar-refractivity contribution >= 4 is 23.6 Å². The molecule has 0 aliphatic rings. The molecule has 1 unspecified atom stereocenters. The normalized spacial score (nSPS) is 13.0. The molecule has 2 aromatic rings. The Morgan fingerprint density at radius 1 is 1.57 bits per heavy atom. The second-order valence-corrected chi connectivity index (χ2v) is 4.50. The molecule has 0 bridgehead atoms. The average molecular weight is 224 g/mol. The molecule has 0 saturated heterocycles. The number of nitrogens with zero attached hydrogens (tertiary/aromatic N) is 1. The molecule has 0 aliphatic heterocycles. The van der Waals surface area contributed by atoms with E-state index in [4.69, 9.17) is 12.2 Å². The van der Waals surface area contributed by atoms with Gasteiger partial charge in [-0.3, -0.25) is 0 Å². The van der Waals surface area contributed by atoms with Gasteiger partial charge in [0, 0.05) is 11.9 Å². The van der Waals surface area contributed by atoms with E-state index in [9.17, 15) is 0 Å². The molecule has 0 aliphatic carbocycles. The Balaban J connectivity index is 2.46. The van der Waals surface area contributed by atoms with Crippen molar-refractivity contribution < 1.29 is 0 Å². The van der Waals surface area contributed by atoms with Gasteiger partial charge in [-0.25, -0.2) is 0 Å². The summed E-state index contributed by atoms with van der Waals surface area (Å²) in [5.74, 6) is 0. The van der Waals surface area contributed by atoms with Gasteiger partial charge in [-0.1, -0.05) is 0 Å². The van der Waals surface area contributed by atoms with E-state index in [1.165, 1.54) is 11.3 Å². The Bertz CT molecular complexity index is 465. The van der Waals surface area contributed by atoms with Crippen LogP contribution in [0.4, 0.5) is 0 Å². The summed E-state index contributed by atoms with van der Waals surface area (Å²) in [5.41, 5.74) is 2.49. The Hall–Kier alpha value is -0.870. The highest BCUT2D eigenvalue weighted by Gasteiger charge is 2.10. The molecule has 0 fully saturated rings. The van der Waals surface area contributed by atoms with Crippen LogP contribution in [0.15, 0.2) is 23.0 Å². The average Bonchev–Trinajstić information content (AvgIpc) is 2.75. The molecule has 1 N–H and O–H groups in total. The van der Waals surface area contributed by atoms with Crippen LogP contribution in [0.1, 0.15) is 24.2 Å². The third-order valence-electron chi connectivity index (χ3n) is 2.42. The van der Waals surface area contributed by atoms with Crippen molar-refractivity contribution in [3.8, 4) is 0 Å². The van der Waals surface area contributed by atoms with E-state index in [0.29, 0.717) is 6.04 Å². The maximum Gasteiger partial charge on any atom is 0.177 e. The number of nitrogens with one attached hydrogen (secondary N) is 1. The lowest BCUT2D eigenvalue weighted by Gasteiger charge is -2.13.